The summed E-state index contributed by atoms with van der Waals surface area (Å²) in [6, 6.07) is 49.0. The molecule has 0 spiro atoms. The van der Waals surface area contributed by atoms with Gasteiger partial charge in [0.2, 0.25) is 0 Å². The largest absolute Gasteiger partial charge is 0.311 e. The van der Waals surface area contributed by atoms with Crippen molar-refractivity contribution in [2.24, 2.45) is 0 Å². The van der Waals surface area contributed by atoms with Gasteiger partial charge in [0.05, 0.1) is 11.2 Å². The molecule has 1 aromatic heterocycles. The van der Waals surface area contributed by atoms with E-state index in [0.29, 0.717) is 5.92 Å². The van der Waals surface area contributed by atoms with Gasteiger partial charge in [0.25, 0.3) is 0 Å². The number of hydrogen-bond acceptors (Lipinski definition) is 1. The van der Waals surface area contributed by atoms with Crippen molar-refractivity contribution in [2.45, 2.75) is 52.4 Å². The highest BCUT2D eigenvalue weighted by Crippen LogP contribution is 2.51. The van der Waals surface area contributed by atoms with Gasteiger partial charge in [0.1, 0.15) is 0 Å². The van der Waals surface area contributed by atoms with Crippen LogP contribution in [-0.2, 0) is 5.41 Å². The number of fused-ring (bicyclic) bond motifs is 4. The van der Waals surface area contributed by atoms with Crippen molar-refractivity contribution in [3.8, 4) is 27.9 Å². The monoisotopic (exact) mass is 778 g/mol. The van der Waals surface area contributed by atoms with Crippen LogP contribution in [0.5, 0.6) is 0 Å². The Bertz CT molecular complexity index is 2820. The standard InChI is InChI=1S/C56H48N2.C2H6/c1-7-14-49-51-36-43(24-34-55(51)58(54(49)10-4)46-25-17-38(8-2)18-26-46)42-22-29-45(30-23-42)57(44-27-20-41(21-28-44)40-15-12-11-13-16-40)47-31-32-48-50-35-39(9-3)19-33-52(50)56(5,6)53(48)37-47;1-2/h7-20,22-37,41H,2-4,21H2,1,5-6H3;1-2H3/b14-7-;. The van der Waals surface area contributed by atoms with Gasteiger partial charge in [0.15, 0.2) is 0 Å². The second kappa shape index (κ2) is 16.8. The first-order valence-corrected chi connectivity index (χ1v) is 21.2. The minimum absolute atomic E-state index is 0.130. The lowest BCUT2D eigenvalue weighted by Gasteiger charge is -2.31. The zero-order valence-corrected chi connectivity index (χ0v) is 35.6. The highest BCUT2D eigenvalue weighted by molar-refractivity contribution is 5.98. The Morgan fingerprint density at radius 3 is 2.03 bits per heavy atom. The molecule has 0 amide bonds. The molecule has 2 aliphatic carbocycles. The summed E-state index contributed by atoms with van der Waals surface area (Å²) in [7, 11) is 0. The number of nitrogens with zero attached hydrogens (tertiary/aromatic N) is 2. The smallest absolute Gasteiger partial charge is 0.0541 e. The molecule has 9 rings (SSSR count). The number of allylic oxidation sites excluding steroid dienone is 4. The summed E-state index contributed by atoms with van der Waals surface area (Å²) in [5.74, 6) is 0.354. The Labute approximate surface area is 357 Å². The van der Waals surface area contributed by atoms with Gasteiger partial charge >= 0.3 is 0 Å². The van der Waals surface area contributed by atoms with Crippen LogP contribution in [-0.4, -0.2) is 4.57 Å². The zero-order chi connectivity index (χ0) is 42.0. The highest BCUT2D eigenvalue weighted by Gasteiger charge is 2.36. The van der Waals surface area contributed by atoms with Gasteiger partial charge in [-0.15, -0.1) is 0 Å². The van der Waals surface area contributed by atoms with E-state index in [2.05, 4.69) is 214 Å². The SMILES string of the molecule is C=Cc1ccc(-n2c(C=C)c(/C=C\C)c3cc(-c4ccc(N(C5=CCC(c6ccccc6)C=C5)c5ccc6c(c5)C(C)(C)c5ccc(C=C)cc5-6)cc4)ccc32)cc1.CC. The van der Waals surface area contributed by atoms with Gasteiger partial charge in [0, 0.05) is 45.0 Å². The number of benzene rings is 6. The summed E-state index contributed by atoms with van der Waals surface area (Å²) in [6.07, 6.45) is 18.1. The molecule has 296 valence electrons. The Morgan fingerprint density at radius 1 is 0.667 bits per heavy atom. The number of hydrogen-bond donors (Lipinski definition) is 0. The summed E-state index contributed by atoms with van der Waals surface area (Å²) in [4.78, 5) is 2.43. The van der Waals surface area contributed by atoms with E-state index in [4.69, 9.17) is 0 Å². The first-order chi connectivity index (χ1) is 29.3. The van der Waals surface area contributed by atoms with Gasteiger partial charge in [-0.1, -0.05) is 163 Å². The van der Waals surface area contributed by atoms with Crippen LogP contribution in [0.4, 0.5) is 11.4 Å². The van der Waals surface area contributed by atoms with Crippen molar-refractivity contribution in [1.29, 1.82) is 0 Å². The molecular formula is C58H54N2. The van der Waals surface area contributed by atoms with E-state index in [-0.39, 0.29) is 5.41 Å². The Kier molecular flexibility index (Phi) is 11.1. The second-order valence-electron chi connectivity index (χ2n) is 15.9. The van der Waals surface area contributed by atoms with Gasteiger partial charge < -0.3 is 9.47 Å². The van der Waals surface area contributed by atoms with E-state index in [1.54, 1.807) is 0 Å². The molecule has 0 aliphatic heterocycles. The van der Waals surface area contributed by atoms with Gasteiger partial charge in [-0.2, -0.15) is 0 Å². The van der Waals surface area contributed by atoms with Crippen LogP contribution in [0.2, 0.25) is 0 Å². The summed E-state index contributed by atoms with van der Waals surface area (Å²) in [5.41, 5.74) is 19.0. The van der Waals surface area contributed by atoms with E-state index in [1.807, 2.05) is 32.1 Å². The molecule has 0 radical (unpaired) electrons. The van der Waals surface area contributed by atoms with Crippen molar-refractivity contribution in [2.75, 3.05) is 4.90 Å². The van der Waals surface area contributed by atoms with Crippen LogP contribution >= 0.6 is 0 Å². The van der Waals surface area contributed by atoms with E-state index in [1.165, 1.54) is 50.0 Å². The molecule has 1 atom stereocenters. The van der Waals surface area contributed by atoms with E-state index in [0.717, 1.165) is 51.4 Å². The molecule has 1 heterocycles. The Hall–Kier alpha value is -6.90. The molecular weight excluding hydrogens is 725 g/mol. The van der Waals surface area contributed by atoms with Crippen molar-refractivity contribution >= 4 is 46.6 Å². The normalized spacial score (nSPS) is 14.8. The van der Waals surface area contributed by atoms with E-state index in [9.17, 15) is 0 Å². The van der Waals surface area contributed by atoms with Crippen LogP contribution in [0.3, 0.4) is 0 Å². The maximum Gasteiger partial charge on any atom is 0.0541 e. The van der Waals surface area contributed by atoms with Gasteiger partial charge in [-0.25, -0.2) is 0 Å². The molecule has 7 aromatic rings. The molecule has 0 fully saturated rings. The molecule has 6 aromatic carbocycles. The third kappa shape index (κ3) is 7.03. The molecule has 0 saturated heterocycles. The minimum Gasteiger partial charge on any atom is -0.311 e. The van der Waals surface area contributed by atoms with Gasteiger partial charge in [-0.3, -0.25) is 0 Å². The highest BCUT2D eigenvalue weighted by atomic mass is 15.1. The molecule has 0 saturated carbocycles. The van der Waals surface area contributed by atoms with Crippen molar-refractivity contribution in [1.82, 2.24) is 4.57 Å². The quantitative estimate of drug-likeness (QED) is 0.134. The molecule has 2 nitrogen and oxygen atoms in total. The number of anilines is 2. The predicted octanol–water partition coefficient (Wildman–Crippen LogP) is 16.4. The summed E-state index contributed by atoms with van der Waals surface area (Å²) >= 11 is 0. The molecule has 60 heavy (non-hydrogen) atoms. The lowest BCUT2D eigenvalue weighted by atomic mass is 9.82. The molecule has 1 unspecified atom stereocenters. The average molecular weight is 779 g/mol. The third-order valence-electron chi connectivity index (χ3n) is 12.2. The zero-order valence-electron chi connectivity index (χ0n) is 35.6. The predicted molar refractivity (Wildman–Crippen MR) is 262 cm³/mol. The summed E-state index contributed by atoms with van der Waals surface area (Å²) in [5, 5.41) is 1.19. The molecule has 0 N–H and O–H groups in total. The van der Waals surface area contributed by atoms with E-state index >= 15 is 0 Å². The Morgan fingerprint density at radius 2 is 1.37 bits per heavy atom. The fraction of sp³-hybridized carbons (Fsp3) is 0.138. The fourth-order valence-corrected chi connectivity index (χ4v) is 9.09. The van der Waals surface area contributed by atoms with Crippen LogP contribution in [0, 0.1) is 0 Å². The van der Waals surface area contributed by atoms with Crippen LogP contribution in [0.25, 0.3) is 63.1 Å². The maximum atomic E-state index is 4.23. The molecule has 2 aliphatic rings. The summed E-state index contributed by atoms with van der Waals surface area (Å²) in [6.45, 7) is 23.0. The second-order valence-corrected chi connectivity index (χ2v) is 15.9. The van der Waals surface area contributed by atoms with Gasteiger partial charge in [-0.05, 0) is 130 Å². The number of rotatable bonds is 10. The van der Waals surface area contributed by atoms with Crippen molar-refractivity contribution in [3.63, 3.8) is 0 Å². The lowest BCUT2D eigenvalue weighted by Crippen LogP contribution is -2.19. The number of aromatic nitrogens is 1. The van der Waals surface area contributed by atoms with Crippen molar-refractivity contribution < 1.29 is 0 Å². The Balaban J connectivity index is 0.00000246. The lowest BCUT2D eigenvalue weighted by molar-refractivity contribution is 0.660. The summed E-state index contributed by atoms with van der Waals surface area (Å²) < 4.78 is 2.30. The van der Waals surface area contributed by atoms with Crippen LogP contribution in [0.15, 0.2) is 183 Å². The van der Waals surface area contributed by atoms with E-state index < -0.39 is 0 Å². The first kappa shape index (κ1) is 39.9. The molecule has 0 bridgehead atoms. The first-order valence-electron chi connectivity index (χ1n) is 21.2. The average Bonchev–Trinajstić information content (AvgIpc) is 3.74. The molecule has 2 heteroatoms. The van der Waals surface area contributed by atoms with Crippen molar-refractivity contribution in [3.05, 3.63) is 222 Å². The maximum absolute atomic E-state index is 4.23. The minimum atomic E-state index is -0.130. The topological polar surface area (TPSA) is 8.17 Å². The van der Waals surface area contributed by atoms with Crippen LogP contribution < -0.4 is 4.90 Å². The fourth-order valence-electron chi connectivity index (χ4n) is 9.09. The third-order valence-corrected chi connectivity index (χ3v) is 12.2. The van der Waals surface area contributed by atoms with Crippen LogP contribution in [0.1, 0.15) is 86.0 Å².